The van der Waals surface area contributed by atoms with Gasteiger partial charge in [0, 0.05) is 28.1 Å². The minimum Gasteiger partial charge on any atom is -0.488 e. The van der Waals surface area contributed by atoms with Crippen LogP contribution in [0.2, 0.25) is 0 Å². The van der Waals surface area contributed by atoms with Crippen molar-refractivity contribution in [2.75, 3.05) is 5.73 Å². The highest BCUT2D eigenvalue weighted by Crippen LogP contribution is 2.30. The minimum absolute atomic E-state index is 0.453. The Bertz CT molecular complexity index is 532. The van der Waals surface area contributed by atoms with E-state index in [2.05, 4.69) is 36.8 Å². The van der Waals surface area contributed by atoms with E-state index in [0.29, 0.717) is 12.3 Å². The second kappa shape index (κ2) is 5.51. The molecule has 1 heterocycles. The molecule has 0 aliphatic heterocycles. The number of aromatic nitrogens is 1. The van der Waals surface area contributed by atoms with E-state index in [1.54, 1.807) is 12.4 Å². The molecule has 1 aromatic heterocycles. The first-order chi connectivity index (χ1) is 8.16. The quantitative estimate of drug-likeness (QED) is 0.850. The van der Waals surface area contributed by atoms with Gasteiger partial charge in [0.1, 0.15) is 12.4 Å². The summed E-state index contributed by atoms with van der Waals surface area (Å²) in [6.45, 7) is 0.453. The highest BCUT2D eigenvalue weighted by molar-refractivity contribution is 9.11. The second-order valence-corrected chi connectivity index (χ2v) is 5.17. The van der Waals surface area contributed by atoms with Gasteiger partial charge >= 0.3 is 0 Å². The lowest BCUT2D eigenvalue weighted by atomic mass is 10.3. The Labute approximate surface area is 116 Å². The fraction of sp³-hybridized carbons (Fsp3) is 0.0833. The molecular weight excluding hydrogens is 348 g/mol. The van der Waals surface area contributed by atoms with Gasteiger partial charge in [-0.3, -0.25) is 4.98 Å². The van der Waals surface area contributed by atoms with Crippen molar-refractivity contribution in [2.45, 2.75) is 6.61 Å². The van der Waals surface area contributed by atoms with E-state index in [0.717, 1.165) is 20.3 Å². The molecule has 2 N–H and O–H groups in total. The molecule has 0 atom stereocenters. The molecule has 0 radical (unpaired) electrons. The van der Waals surface area contributed by atoms with Gasteiger partial charge in [0.15, 0.2) is 0 Å². The summed E-state index contributed by atoms with van der Waals surface area (Å²) in [5.74, 6) is 0.727. The zero-order valence-corrected chi connectivity index (χ0v) is 12.0. The van der Waals surface area contributed by atoms with E-state index in [1.807, 2.05) is 24.3 Å². The molecular formula is C12H10Br2N2O. The van der Waals surface area contributed by atoms with Gasteiger partial charge in [-0.25, -0.2) is 0 Å². The number of nitrogens with zero attached hydrogens (tertiary/aromatic N) is 1. The maximum absolute atomic E-state index is 5.77. The molecule has 2 rings (SSSR count). The maximum atomic E-state index is 5.77. The smallest absolute Gasteiger partial charge is 0.136 e. The van der Waals surface area contributed by atoms with Crippen molar-refractivity contribution >= 4 is 37.5 Å². The van der Waals surface area contributed by atoms with Crippen LogP contribution in [-0.2, 0) is 6.61 Å². The number of anilines is 1. The minimum atomic E-state index is 0.453. The largest absolute Gasteiger partial charge is 0.488 e. The van der Waals surface area contributed by atoms with Gasteiger partial charge < -0.3 is 10.5 Å². The van der Waals surface area contributed by atoms with Crippen LogP contribution >= 0.6 is 31.9 Å². The summed E-state index contributed by atoms with van der Waals surface area (Å²) >= 11 is 6.76. The third-order valence-corrected chi connectivity index (χ3v) is 3.43. The van der Waals surface area contributed by atoms with Crippen molar-refractivity contribution in [3.05, 3.63) is 51.2 Å². The molecule has 0 saturated carbocycles. The van der Waals surface area contributed by atoms with Crippen LogP contribution in [-0.4, -0.2) is 4.98 Å². The number of halogens is 2. The zero-order chi connectivity index (χ0) is 12.3. The van der Waals surface area contributed by atoms with Crippen molar-refractivity contribution in [3.8, 4) is 5.75 Å². The first-order valence-electron chi connectivity index (χ1n) is 4.93. The fourth-order valence-electron chi connectivity index (χ4n) is 1.34. The average Bonchev–Trinajstić information content (AvgIpc) is 2.31. The lowest BCUT2D eigenvalue weighted by Gasteiger charge is -2.09. The third-order valence-electron chi connectivity index (χ3n) is 2.15. The SMILES string of the molecule is Nc1cccc(OCc2cncc(Br)c2)c1Br. The molecule has 0 bridgehead atoms. The molecule has 0 saturated heterocycles. The Morgan fingerprint density at radius 3 is 2.82 bits per heavy atom. The van der Waals surface area contributed by atoms with E-state index in [1.165, 1.54) is 0 Å². The van der Waals surface area contributed by atoms with Crippen molar-refractivity contribution in [3.63, 3.8) is 0 Å². The molecule has 3 nitrogen and oxygen atoms in total. The number of hydrogen-bond acceptors (Lipinski definition) is 3. The Balaban J connectivity index is 2.10. The van der Waals surface area contributed by atoms with Gasteiger partial charge in [0.2, 0.25) is 0 Å². The van der Waals surface area contributed by atoms with Gasteiger partial charge in [-0.1, -0.05) is 6.07 Å². The number of hydrogen-bond donors (Lipinski definition) is 1. The Hall–Kier alpha value is -1.07. The van der Waals surface area contributed by atoms with Crippen LogP contribution < -0.4 is 10.5 Å². The monoisotopic (exact) mass is 356 g/mol. The number of pyridine rings is 1. The van der Waals surface area contributed by atoms with Crippen molar-refractivity contribution in [2.24, 2.45) is 0 Å². The molecule has 0 fully saturated rings. The standard InChI is InChI=1S/C12H10Br2N2O/c13-9-4-8(5-16-6-9)7-17-11-3-1-2-10(15)12(11)14/h1-6H,7,15H2. The summed E-state index contributed by atoms with van der Waals surface area (Å²) in [6, 6.07) is 7.51. The van der Waals surface area contributed by atoms with Crippen LogP contribution in [0.25, 0.3) is 0 Å². The highest BCUT2D eigenvalue weighted by atomic mass is 79.9. The topological polar surface area (TPSA) is 48.1 Å². The van der Waals surface area contributed by atoms with E-state index in [-0.39, 0.29) is 0 Å². The summed E-state index contributed by atoms with van der Waals surface area (Å²) in [4.78, 5) is 4.07. The predicted octanol–water partition coefficient (Wildman–Crippen LogP) is 3.77. The molecule has 17 heavy (non-hydrogen) atoms. The van der Waals surface area contributed by atoms with Crippen LogP contribution in [0.1, 0.15) is 5.56 Å². The van der Waals surface area contributed by atoms with Crippen molar-refractivity contribution in [1.82, 2.24) is 4.98 Å². The first kappa shape index (κ1) is 12.4. The zero-order valence-electron chi connectivity index (χ0n) is 8.86. The molecule has 88 valence electrons. The molecule has 1 aromatic carbocycles. The lowest BCUT2D eigenvalue weighted by Crippen LogP contribution is -1.98. The molecule has 0 spiro atoms. The van der Waals surface area contributed by atoms with Gasteiger partial charge in [0.25, 0.3) is 0 Å². The van der Waals surface area contributed by atoms with Gasteiger partial charge in [0.05, 0.1) is 4.47 Å². The predicted molar refractivity (Wildman–Crippen MR) is 74.8 cm³/mol. The Morgan fingerprint density at radius 1 is 1.24 bits per heavy atom. The van der Waals surface area contributed by atoms with Crippen LogP contribution in [0.5, 0.6) is 5.75 Å². The van der Waals surface area contributed by atoms with Crippen LogP contribution in [0, 0.1) is 0 Å². The number of ether oxygens (including phenoxy) is 1. The normalized spacial score (nSPS) is 10.2. The van der Waals surface area contributed by atoms with E-state index >= 15 is 0 Å². The maximum Gasteiger partial charge on any atom is 0.136 e. The van der Waals surface area contributed by atoms with Crippen molar-refractivity contribution < 1.29 is 4.74 Å². The third kappa shape index (κ3) is 3.20. The van der Waals surface area contributed by atoms with Crippen LogP contribution in [0.15, 0.2) is 45.6 Å². The van der Waals surface area contributed by atoms with E-state index in [9.17, 15) is 0 Å². The molecule has 2 aromatic rings. The summed E-state index contributed by atoms with van der Waals surface area (Å²) in [5.41, 5.74) is 7.42. The molecule has 0 unspecified atom stereocenters. The lowest BCUT2D eigenvalue weighted by molar-refractivity contribution is 0.304. The fourth-order valence-corrected chi connectivity index (χ4v) is 2.13. The molecule has 0 aliphatic rings. The molecule has 5 heteroatoms. The van der Waals surface area contributed by atoms with E-state index < -0.39 is 0 Å². The second-order valence-electron chi connectivity index (χ2n) is 3.46. The Kier molecular flexibility index (Phi) is 4.02. The average molecular weight is 358 g/mol. The Morgan fingerprint density at radius 2 is 2.06 bits per heavy atom. The van der Waals surface area contributed by atoms with Crippen LogP contribution in [0.4, 0.5) is 5.69 Å². The molecule has 0 amide bonds. The van der Waals surface area contributed by atoms with Gasteiger partial charge in [-0.2, -0.15) is 0 Å². The van der Waals surface area contributed by atoms with Gasteiger partial charge in [-0.15, -0.1) is 0 Å². The van der Waals surface area contributed by atoms with Gasteiger partial charge in [-0.05, 0) is 50.1 Å². The summed E-state index contributed by atoms with van der Waals surface area (Å²) < 4.78 is 7.39. The van der Waals surface area contributed by atoms with E-state index in [4.69, 9.17) is 10.5 Å². The summed E-state index contributed by atoms with van der Waals surface area (Å²) in [5, 5.41) is 0. The molecule has 0 aliphatic carbocycles. The summed E-state index contributed by atoms with van der Waals surface area (Å²) in [6.07, 6.45) is 3.50. The first-order valence-corrected chi connectivity index (χ1v) is 6.51. The van der Waals surface area contributed by atoms with Crippen LogP contribution in [0.3, 0.4) is 0 Å². The highest BCUT2D eigenvalue weighted by Gasteiger charge is 2.04. The number of nitrogens with two attached hydrogens (primary N) is 1. The number of rotatable bonds is 3. The number of nitrogen functional groups attached to an aromatic ring is 1. The number of benzene rings is 1. The summed E-state index contributed by atoms with van der Waals surface area (Å²) in [7, 11) is 0. The van der Waals surface area contributed by atoms with Crippen molar-refractivity contribution in [1.29, 1.82) is 0 Å².